The minimum Gasteiger partial charge on any atom is -0.479 e. The van der Waals surface area contributed by atoms with E-state index in [1.54, 1.807) is 42.5 Å². The van der Waals surface area contributed by atoms with Gasteiger partial charge < -0.3 is 20.3 Å². The molecule has 0 aliphatic carbocycles. The van der Waals surface area contributed by atoms with E-state index in [2.05, 4.69) is 10.1 Å². The van der Waals surface area contributed by atoms with Gasteiger partial charge in [-0.15, -0.1) is 0 Å². The third kappa shape index (κ3) is 9.11. The molecule has 0 aromatic heterocycles. The Bertz CT molecular complexity index is 981. The van der Waals surface area contributed by atoms with Gasteiger partial charge in [-0.05, 0) is 35.2 Å². The lowest BCUT2D eigenvalue weighted by molar-refractivity contribution is -0.164. The van der Waals surface area contributed by atoms with E-state index in [0.717, 1.165) is 11.1 Å². The van der Waals surface area contributed by atoms with Crippen LogP contribution in [0.15, 0.2) is 48.5 Å². The number of benzene rings is 2. The van der Waals surface area contributed by atoms with Crippen LogP contribution >= 0.6 is 11.6 Å². The lowest BCUT2D eigenvalue weighted by atomic mass is 9.98. The number of carboxylic acid groups (broad SMARTS) is 1. The van der Waals surface area contributed by atoms with Gasteiger partial charge in [0.2, 0.25) is 0 Å². The Kier molecular flexibility index (Phi) is 9.24. The molecule has 3 N–H and O–H groups in total. The van der Waals surface area contributed by atoms with E-state index in [0.29, 0.717) is 10.6 Å². The van der Waals surface area contributed by atoms with Crippen molar-refractivity contribution in [3.8, 4) is 11.1 Å². The highest BCUT2D eigenvalue weighted by Gasteiger charge is 2.29. The predicted octanol–water partition coefficient (Wildman–Crippen LogP) is 3.37. The molecular formula is C22H21ClF3NO6. The fourth-order valence-electron chi connectivity index (χ4n) is 2.92. The number of aliphatic carboxylic acids is 1. The van der Waals surface area contributed by atoms with Crippen molar-refractivity contribution in [2.24, 2.45) is 0 Å². The molecular weight excluding hydrogens is 467 g/mol. The largest absolute Gasteiger partial charge is 0.479 e. The van der Waals surface area contributed by atoms with Crippen LogP contribution in [0.25, 0.3) is 11.1 Å². The maximum absolute atomic E-state index is 12.2. The first-order chi connectivity index (χ1) is 15.4. The number of aliphatic hydroxyl groups is 1. The Morgan fingerprint density at radius 2 is 1.73 bits per heavy atom. The zero-order valence-corrected chi connectivity index (χ0v) is 17.9. The number of nitrogens with one attached hydrogen (secondary N) is 1. The number of carbonyl (C=O) groups excluding carboxylic acids is 2. The van der Waals surface area contributed by atoms with Gasteiger partial charge in [-0.1, -0.05) is 48.0 Å². The molecule has 0 saturated carbocycles. The molecule has 0 bridgehead atoms. The van der Waals surface area contributed by atoms with Crippen molar-refractivity contribution in [1.82, 2.24) is 5.32 Å². The molecule has 0 heterocycles. The molecule has 0 aliphatic rings. The summed E-state index contributed by atoms with van der Waals surface area (Å²) >= 11 is 5.99. The Hall–Kier alpha value is -3.11. The minimum atomic E-state index is -4.55. The molecule has 178 valence electrons. The van der Waals surface area contributed by atoms with Gasteiger partial charge in [0.25, 0.3) is 0 Å². The number of hydrogen-bond donors (Lipinski definition) is 3. The third-order valence-corrected chi connectivity index (χ3v) is 4.76. The molecule has 2 atom stereocenters. The summed E-state index contributed by atoms with van der Waals surface area (Å²) in [5.41, 5.74) is 2.36. The van der Waals surface area contributed by atoms with Crippen LogP contribution in [0.5, 0.6) is 0 Å². The van der Waals surface area contributed by atoms with E-state index >= 15 is 0 Å². The molecule has 7 nitrogen and oxygen atoms in total. The van der Waals surface area contributed by atoms with Crippen LogP contribution in [0.1, 0.15) is 18.4 Å². The van der Waals surface area contributed by atoms with Crippen LogP contribution in [0, 0.1) is 0 Å². The number of halogens is 4. The second-order valence-corrected chi connectivity index (χ2v) is 7.61. The van der Waals surface area contributed by atoms with Gasteiger partial charge in [0.1, 0.15) is 6.61 Å². The summed E-state index contributed by atoms with van der Waals surface area (Å²) in [6.45, 7) is -1.02. The zero-order valence-electron chi connectivity index (χ0n) is 17.1. The minimum absolute atomic E-state index is 0.0434. The van der Waals surface area contributed by atoms with Gasteiger partial charge in [-0.2, -0.15) is 13.2 Å². The predicted molar refractivity (Wildman–Crippen MR) is 112 cm³/mol. The fraction of sp³-hybridized carbons (Fsp3) is 0.318. The third-order valence-electron chi connectivity index (χ3n) is 4.53. The van der Waals surface area contributed by atoms with Crippen LogP contribution in [0.3, 0.4) is 0 Å². The first kappa shape index (κ1) is 26.1. The van der Waals surface area contributed by atoms with Crippen molar-refractivity contribution < 1.29 is 42.5 Å². The first-order valence-electron chi connectivity index (χ1n) is 9.74. The molecule has 11 heteroatoms. The molecule has 2 aromatic carbocycles. The van der Waals surface area contributed by atoms with Gasteiger partial charge >= 0.3 is 24.0 Å². The van der Waals surface area contributed by atoms with Crippen LogP contribution in [0.4, 0.5) is 13.2 Å². The van der Waals surface area contributed by atoms with Gasteiger partial charge in [0.05, 0.1) is 6.42 Å². The number of ether oxygens (including phenoxy) is 1. The number of rotatable bonds is 9. The first-order valence-corrected chi connectivity index (χ1v) is 10.1. The fourth-order valence-corrected chi connectivity index (χ4v) is 3.11. The number of amides is 1. The SMILES string of the molecule is O=C(NC(Cc1ccc(-c2cccc(Cl)c2)cc1)CC(O)C(=O)O)C(=O)OCCC(F)(F)F. The highest BCUT2D eigenvalue weighted by Crippen LogP contribution is 2.23. The maximum Gasteiger partial charge on any atom is 0.396 e. The monoisotopic (exact) mass is 487 g/mol. The van der Waals surface area contributed by atoms with Crippen molar-refractivity contribution >= 4 is 29.4 Å². The van der Waals surface area contributed by atoms with Crippen molar-refractivity contribution in [3.05, 3.63) is 59.1 Å². The quantitative estimate of drug-likeness (QED) is 0.369. The molecule has 0 saturated heterocycles. The van der Waals surface area contributed by atoms with Gasteiger partial charge in [0.15, 0.2) is 6.10 Å². The van der Waals surface area contributed by atoms with Crippen molar-refractivity contribution in [3.63, 3.8) is 0 Å². The Labute approximate surface area is 192 Å². The van der Waals surface area contributed by atoms with Crippen molar-refractivity contribution in [2.45, 2.75) is 37.6 Å². The average Bonchev–Trinajstić information content (AvgIpc) is 2.73. The van der Waals surface area contributed by atoms with Crippen LogP contribution in [-0.2, 0) is 25.5 Å². The normalized spacial score (nSPS) is 13.1. The second-order valence-electron chi connectivity index (χ2n) is 7.17. The number of alkyl halides is 3. The van der Waals surface area contributed by atoms with Crippen molar-refractivity contribution in [1.29, 1.82) is 0 Å². The van der Waals surface area contributed by atoms with E-state index in [-0.39, 0.29) is 6.42 Å². The Morgan fingerprint density at radius 3 is 2.30 bits per heavy atom. The lowest BCUT2D eigenvalue weighted by Gasteiger charge is -2.20. The molecule has 0 radical (unpaired) electrons. The summed E-state index contributed by atoms with van der Waals surface area (Å²) in [7, 11) is 0. The molecule has 0 fully saturated rings. The van der Waals surface area contributed by atoms with Crippen molar-refractivity contribution in [2.75, 3.05) is 6.61 Å². The molecule has 0 spiro atoms. The summed E-state index contributed by atoms with van der Waals surface area (Å²) in [6, 6.07) is 13.1. The standard InChI is InChI=1S/C22H21ClF3NO6/c23-16-3-1-2-15(11-16)14-6-4-13(5-7-14)10-17(12-18(28)20(30)31)27-19(29)21(32)33-9-8-22(24,25)26/h1-7,11,17-18,28H,8-10,12H2,(H,27,29)(H,30,31). The summed E-state index contributed by atoms with van der Waals surface area (Å²) < 4.78 is 40.8. The second kappa shape index (κ2) is 11.7. The smallest absolute Gasteiger partial charge is 0.396 e. The maximum atomic E-state index is 12.2. The molecule has 2 unspecified atom stereocenters. The number of hydrogen-bond acceptors (Lipinski definition) is 5. The van der Waals surface area contributed by atoms with Crippen LogP contribution in [-0.4, -0.2) is 53.0 Å². The number of esters is 1. The number of aliphatic hydroxyl groups excluding tert-OH is 1. The molecule has 0 aliphatic heterocycles. The molecule has 2 aromatic rings. The van der Waals surface area contributed by atoms with E-state index in [9.17, 15) is 32.7 Å². The molecule has 33 heavy (non-hydrogen) atoms. The van der Waals surface area contributed by atoms with E-state index in [4.69, 9.17) is 16.7 Å². The molecule has 2 rings (SSSR count). The zero-order chi connectivity index (χ0) is 24.6. The van der Waals surface area contributed by atoms with E-state index < -0.39 is 55.6 Å². The van der Waals surface area contributed by atoms with Crippen LogP contribution in [0.2, 0.25) is 5.02 Å². The van der Waals surface area contributed by atoms with Gasteiger partial charge in [-0.3, -0.25) is 4.79 Å². The Balaban J connectivity index is 2.06. The summed E-state index contributed by atoms with van der Waals surface area (Å²) in [6.07, 6.45) is -8.19. The summed E-state index contributed by atoms with van der Waals surface area (Å²) in [5.74, 6) is -4.40. The Morgan fingerprint density at radius 1 is 1.06 bits per heavy atom. The van der Waals surface area contributed by atoms with E-state index in [1.807, 2.05) is 6.07 Å². The van der Waals surface area contributed by atoms with Crippen LogP contribution < -0.4 is 5.32 Å². The lowest BCUT2D eigenvalue weighted by Crippen LogP contribution is -2.44. The topological polar surface area (TPSA) is 113 Å². The molecule has 1 amide bonds. The summed E-state index contributed by atoms with van der Waals surface area (Å²) in [4.78, 5) is 34.7. The summed E-state index contributed by atoms with van der Waals surface area (Å²) in [5, 5.41) is 21.4. The van der Waals surface area contributed by atoms with Gasteiger partial charge in [-0.25, -0.2) is 9.59 Å². The van der Waals surface area contributed by atoms with Gasteiger partial charge in [0, 0.05) is 17.5 Å². The highest BCUT2D eigenvalue weighted by molar-refractivity contribution is 6.32. The van der Waals surface area contributed by atoms with E-state index in [1.165, 1.54) is 0 Å². The highest BCUT2D eigenvalue weighted by atomic mass is 35.5. The average molecular weight is 488 g/mol. The number of carbonyl (C=O) groups is 3. The number of carboxylic acids is 1.